The third-order valence-corrected chi connectivity index (χ3v) is 3.14. The van der Waals surface area contributed by atoms with Gasteiger partial charge < -0.3 is 5.11 Å². The lowest BCUT2D eigenvalue weighted by molar-refractivity contribution is 0.273. The molecule has 0 spiro atoms. The fourth-order valence-electron chi connectivity index (χ4n) is 2.30. The number of hydrogen-bond acceptors (Lipinski definition) is 3. The van der Waals surface area contributed by atoms with Gasteiger partial charge in [0.15, 0.2) is 0 Å². The SMILES string of the molecule is CCCCCCCn1nnc(CO)c1C(C)(C)C. The first-order valence-electron chi connectivity index (χ1n) is 7.04. The van der Waals surface area contributed by atoms with Crippen LogP contribution in [0.4, 0.5) is 0 Å². The Morgan fingerprint density at radius 3 is 2.33 bits per heavy atom. The Bertz CT molecular complexity index is 352. The maximum Gasteiger partial charge on any atom is 0.112 e. The molecule has 1 aromatic heterocycles. The Morgan fingerprint density at radius 1 is 1.11 bits per heavy atom. The lowest BCUT2D eigenvalue weighted by atomic mass is 9.90. The predicted octanol–water partition coefficient (Wildman–Crippen LogP) is 3.04. The predicted molar refractivity (Wildman–Crippen MR) is 73.4 cm³/mol. The molecule has 1 N–H and O–H groups in total. The van der Waals surface area contributed by atoms with E-state index in [9.17, 15) is 5.11 Å². The normalized spacial score (nSPS) is 12.1. The van der Waals surface area contributed by atoms with Crippen molar-refractivity contribution in [2.75, 3.05) is 0 Å². The Morgan fingerprint density at radius 2 is 1.78 bits per heavy atom. The van der Waals surface area contributed by atoms with Crippen molar-refractivity contribution in [3.8, 4) is 0 Å². The molecular formula is C14H27N3O. The second kappa shape index (κ2) is 6.88. The van der Waals surface area contributed by atoms with E-state index in [0.717, 1.165) is 24.4 Å². The van der Waals surface area contributed by atoms with Crippen LogP contribution in [0.25, 0.3) is 0 Å². The van der Waals surface area contributed by atoms with Gasteiger partial charge in [0.2, 0.25) is 0 Å². The topological polar surface area (TPSA) is 50.9 Å². The summed E-state index contributed by atoms with van der Waals surface area (Å²) in [5, 5.41) is 17.6. The molecule has 0 radical (unpaired) electrons. The Kier molecular flexibility index (Phi) is 5.79. The highest BCUT2D eigenvalue weighted by atomic mass is 16.3. The molecule has 1 rings (SSSR count). The summed E-state index contributed by atoms with van der Waals surface area (Å²) in [4.78, 5) is 0. The minimum absolute atomic E-state index is 0.0228. The largest absolute Gasteiger partial charge is 0.390 e. The van der Waals surface area contributed by atoms with Crippen molar-refractivity contribution in [3.05, 3.63) is 11.4 Å². The molecule has 0 aliphatic carbocycles. The summed E-state index contributed by atoms with van der Waals surface area (Å²) in [6.45, 7) is 9.52. The molecule has 4 heteroatoms. The lowest BCUT2D eigenvalue weighted by Gasteiger charge is -2.20. The van der Waals surface area contributed by atoms with Crippen LogP contribution >= 0.6 is 0 Å². The van der Waals surface area contributed by atoms with Crippen LogP contribution in [0.1, 0.15) is 71.2 Å². The standard InChI is InChI=1S/C14H27N3O/c1-5-6-7-8-9-10-17-13(14(2,3)4)12(11-18)15-16-17/h18H,5-11H2,1-4H3. The van der Waals surface area contributed by atoms with Gasteiger partial charge in [-0.3, -0.25) is 0 Å². The van der Waals surface area contributed by atoms with E-state index in [1.807, 2.05) is 4.68 Å². The first-order chi connectivity index (χ1) is 8.50. The third kappa shape index (κ3) is 4.09. The number of aliphatic hydroxyl groups excluding tert-OH is 1. The highest BCUT2D eigenvalue weighted by Gasteiger charge is 2.24. The quantitative estimate of drug-likeness (QED) is 0.760. The summed E-state index contributed by atoms with van der Waals surface area (Å²) in [6, 6.07) is 0. The molecule has 0 fully saturated rings. The molecule has 0 saturated carbocycles. The van der Waals surface area contributed by atoms with Gasteiger partial charge in [0.25, 0.3) is 0 Å². The molecule has 104 valence electrons. The van der Waals surface area contributed by atoms with E-state index in [1.165, 1.54) is 25.7 Å². The second-order valence-electron chi connectivity index (χ2n) is 5.93. The van der Waals surface area contributed by atoms with E-state index in [1.54, 1.807) is 0 Å². The van der Waals surface area contributed by atoms with Crippen LogP contribution in [0.2, 0.25) is 0 Å². The van der Waals surface area contributed by atoms with Crippen molar-refractivity contribution >= 4 is 0 Å². The van der Waals surface area contributed by atoms with Crippen molar-refractivity contribution in [2.24, 2.45) is 0 Å². The van der Waals surface area contributed by atoms with Gasteiger partial charge in [-0.2, -0.15) is 0 Å². The second-order valence-corrected chi connectivity index (χ2v) is 5.93. The molecule has 0 aliphatic heterocycles. The molecule has 0 aromatic carbocycles. The first-order valence-corrected chi connectivity index (χ1v) is 7.04. The smallest absolute Gasteiger partial charge is 0.112 e. The van der Waals surface area contributed by atoms with Crippen molar-refractivity contribution in [3.63, 3.8) is 0 Å². The molecule has 0 unspecified atom stereocenters. The molecule has 0 amide bonds. The molecule has 0 saturated heterocycles. The summed E-state index contributed by atoms with van der Waals surface area (Å²) < 4.78 is 1.97. The van der Waals surface area contributed by atoms with E-state index in [4.69, 9.17) is 0 Å². The first kappa shape index (κ1) is 15.2. The summed E-state index contributed by atoms with van der Waals surface area (Å²) in [6.07, 6.45) is 6.25. The molecule has 1 heterocycles. The van der Waals surface area contributed by atoms with Gasteiger partial charge in [0.05, 0.1) is 12.3 Å². The zero-order chi connectivity index (χ0) is 13.6. The molecule has 0 aliphatic rings. The Labute approximate surface area is 110 Å². The van der Waals surface area contributed by atoms with E-state index < -0.39 is 0 Å². The zero-order valence-corrected chi connectivity index (χ0v) is 12.2. The molecule has 0 bridgehead atoms. The molecule has 18 heavy (non-hydrogen) atoms. The van der Waals surface area contributed by atoms with Crippen molar-refractivity contribution in [1.82, 2.24) is 15.0 Å². The van der Waals surface area contributed by atoms with Gasteiger partial charge in [-0.25, -0.2) is 4.68 Å². The molecule has 1 aromatic rings. The summed E-state index contributed by atoms with van der Waals surface area (Å²) >= 11 is 0. The van der Waals surface area contributed by atoms with E-state index in [-0.39, 0.29) is 12.0 Å². The molecule has 4 nitrogen and oxygen atoms in total. The number of rotatable bonds is 7. The number of unbranched alkanes of at least 4 members (excludes halogenated alkanes) is 4. The molecular weight excluding hydrogens is 226 g/mol. The van der Waals surface area contributed by atoms with E-state index in [2.05, 4.69) is 38.0 Å². The maximum absolute atomic E-state index is 9.32. The summed E-state index contributed by atoms with van der Waals surface area (Å²) in [5.41, 5.74) is 1.77. The Hall–Kier alpha value is -0.900. The van der Waals surface area contributed by atoms with E-state index >= 15 is 0 Å². The van der Waals surface area contributed by atoms with Crippen LogP contribution in [0.3, 0.4) is 0 Å². The van der Waals surface area contributed by atoms with Crippen LogP contribution in [0.15, 0.2) is 0 Å². The van der Waals surface area contributed by atoms with Gasteiger partial charge in [0, 0.05) is 12.0 Å². The highest BCUT2D eigenvalue weighted by molar-refractivity contribution is 5.18. The maximum atomic E-state index is 9.32. The van der Waals surface area contributed by atoms with Gasteiger partial charge >= 0.3 is 0 Å². The number of hydrogen-bond donors (Lipinski definition) is 1. The summed E-state index contributed by atoms with van der Waals surface area (Å²) in [7, 11) is 0. The number of aromatic nitrogens is 3. The monoisotopic (exact) mass is 253 g/mol. The van der Waals surface area contributed by atoms with Crippen LogP contribution in [-0.2, 0) is 18.6 Å². The minimum atomic E-state index is -0.0254. The third-order valence-electron chi connectivity index (χ3n) is 3.14. The van der Waals surface area contributed by atoms with E-state index in [0.29, 0.717) is 0 Å². The Balaban J connectivity index is 2.63. The molecule has 0 atom stereocenters. The number of aliphatic hydroxyl groups is 1. The fourth-order valence-corrected chi connectivity index (χ4v) is 2.30. The van der Waals surface area contributed by atoms with Crippen molar-refractivity contribution in [1.29, 1.82) is 0 Å². The van der Waals surface area contributed by atoms with Crippen LogP contribution in [0.5, 0.6) is 0 Å². The van der Waals surface area contributed by atoms with Gasteiger partial charge in [0.1, 0.15) is 5.69 Å². The van der Waals surface area contributed by atoms with Crippen LogP contribution in [0, 0.1) is 0 Å². The van der Waals surface area contributed by atoms with Gasteiger partial charge in [-0.05, 0) is 6.42 Å². The zero-order valence-electron chi connectivity index (χ0n) is 12.2. The number of nitrogens with zero attached hydrogens (tertiary/aromatic N) is 3. The van der Waals surface area contributed by atoms with Crippen molar-refractivity contribution < 1.29 is 5.11 Å². The van der Waals surface area contributed by atoms with Crippen LogP contribution in [-0.4, -0.2) is 20.1 Å². The minimum Gasteiger partial charge on any atom is -0.390 e. The van der Waals surface area contributed by atoms with Crippen LogP contribution < -0.4 is 0 Å². The van der Waals surface area contributed by atoms with Crippen molar-refractivity contribution in [2.45, 2.75) is 78.4 Å². The average Bonchev–Trinajstić information content (AvgIpc) is 2.71. The number of aryl methyl sites for hydroxylation is 1. The van der Waals surface area contributed by atoms with Gasteiger partial charge in [-0.1, -0.05) is 58.6 Å². The average molecular weight is 253 g/mol. The fraction of sp³-hybridized carbons (Fsp3) is 0.857. The highest BCUT2D eigenvalue weighted by Crippen LogP contribution is 2.25. The van der Waals surface area contributed by atoms with Gasteiger partial charge in [-0.15, -0.1) is 5.10 Å². The summed E-state index contributed by atoms with van der Waals surface area (Å²) in [5.74, 6) is 0. The lowest BCUT2D eigenvalue weighted by Crippen LogP contribution is -2.20.